The molecule has 58 heavy (non-hydrogen) atoms. The van der Waals surface area contributed by atoms with Crippen molar-refractivity contribution in [3.63, 3.8) is 0 Å². The molecule has 0 aliphatic heterocycles. The average molecular weight is 841 g/mol. The minimum absolute atomic E-state index is 0. The Balaban J connectivity index is 0. The SMILES string of the molecule is C.[C-]#[N+]CCOP(OCC(COC(=O)CCCCCCCCCCCCCCCCC)OC(=O)CCCCCCCCCCCCCCCCC)N(C(C)C)C(C)C. The molecule has 0 saturated carbocycles. The van der Waals surface area contributed by atoms with E-state index >= 15 is 0 Å². The molecule has 0 fully saturated rings. The zero-order chi connectivity index (χ0) is 42.0. The molecule has 0 aromatic carbocycles. The highest BCUT2D eigenvalue weighted by atomic mass is 31.2. The van der Waals surface area contributed by atoms with Gasteiger partial charge in [0.25, 0.3) is 8.53 Å². The fourth-order valence-corrected chi connectivity index (χ4v) is 8.98. The number of unbranched alkanes of at least 4 members (excludes halogenated alkanes) is 28. The lowest BCUT2D eigenvalue weighted by Gasteiger charge is -2.35. The van der Waals surface area contributed by atoms with Crippen molar-refractivity contribution in [1.29, 1.82) is 0 Å². The largest absolute Gasteiger partial charge is 0.462 e. The zero-order valence-electron chi connectivity index (χ0n) is 38.5. The van der Waals surface area contributed by atoms with Crippen molar-refractivity contribution >= 4 is 20.5 Å². The van der Waals surface area contributed by atoms with Crippen molar-refractivity contribution in [1.82, 2.24) is 4.67 Å². The molecule has 0 saturated heterocycles. The van der Waals surface area contributed by atoms with Crippen LogP contribution < -0.4 is 0 Å². The summed E-state index contributed by atoms with van der Waals surface area (Å²) >= 11 is 0. The highest BCUT2D eigenvalue weighted by Crippen LogP contribution is 2.46. The topological polar surface area (TPSA) is 78.7 Å². The van der Waals surface area contributed by atoms with Crippen molar-refractivity contribution in [2.45, 2.75) is 273 Å². The van der Waals surface area contributed by atoms with Crippen molar-refractivity contribution < 1.29 is 28.1 Å². The lowest BCUT2D eigenvalue weighted by molar-refractivity contribution is -0.161. The molecule has 0 aliphatic carbocycles. The molecule has 8 nitrogen and oxygen atoms in total. The summed E-state index contributed by atoms with van der Waals surface area (Å²) in [6.45, 7) is 20.6. The summed E-state index contributed by atoms with van der Waals surface area (Å²) < 4.78 is 26.0. The first kappa shape index (κ1) is 58.8. The maximum absolute atomic E-state index is 13.0. The van der Waals surface area contributed by atoms with Gasteiger partial charge in [-0.05, 0) is 40.5 Å². The lowest BCUT2D eigenvalue weighted by Crippen LogP contribution is -2.35. The number of hydrogen-bond donors (Lipinski definition) is 0. The zero-order valence-corrected chi connectivity index (χ0v) is 39.4. The highest BCUT2D eigenvalue weighted by molar-refractivity contribution is 7.44. The maximum Gasteiger partial charge on any atom is 0.306 e. The van der Waals surface area contributed by atoms with Gasteiger partial charge in [-0.25, -0.2) is 11.2 Å². The van der Waals surface area contributed by atoms with Crippen LogP contribution in [0.4, 0.5) is 0 Å². The minimum atomic E-state index is -1.49. The first-order valence-electron chi connectivity index (χ1n) is 24.3. The number of rotatable bonds is 44. The lowest BCUT2D eigenvalue weighted by atomic mass is 10.0. The molecule has 2 unspecified atom stereocenters. The number of carbonyl (C=O) groups is 2. The van der Waals surface area contributed by atoms with E-state index in [0.29, 0.717) is 12.8 Å². The van der Waals surface area contributed by atoms with Gasteiger partial charge in [-0.15, -0.1) is 0 Å². The van der Waals surface area contributed by atoms with Gasteiger partial charge in [-0.3, -0.25) is 9.59 Å². The van der Waals surface area contributed by atoms with Crippen molar-refractivity contribution in [2.24, 2.45) is 0 Å². The second kappa shape index (κ2) is 45.3. The van der Waals surface area contributed by atoms with E-state index in [9.17, 15) is 9.59 Å². The summed E-state index contributed by atoms with van der Waals surface area (Å²) in [6.07, 6.45) is 38.4. The van der Waals surface area contributed by atoms with Gasteiger partial charge < -0.3 is 23.4 Å². The van der Waals surface area contributed by atoms with Crippen LogP contribution in [0, 0.1) is 6.57 Å². The third-order valence-corrected chi connectivity index (χ3v) is 12.8. The van der Waals surface area contributed by atoms with Crippen molar-refractivity contribution in [2.75, 3.05) is 26.4 Å². The fourth-order valence-electron chi connectivity index (χ4n) is 7.36. The molecule has 0 amide bonds. The van der Waals surface area contributed by atoms with E-state index in [2.05, 4.69) is 51.1 Å². The first-order chi connectivity index (χ1) is 27.8. The molecule has 0 aromatic heterocycles. The van der Waals surface area contributed by atoms with E-state index in [4.69, 9.17) is 25.1 Å². The first-order valence-corrected chi connectivity index (χ1v) is 25.4. The summed E-state index contributed by atoms with van der Waals surface area (Å²) in [5.74, 6) is -0.533. The van der Waals surface area contributed by atoms with Gasteiger partial charge in [0.15, 0.2) is 6.10 Å². The Morgan fingerprint density at radius 1 is 0.517 bits per heavy atom. The molecule has 0 rings (SSSR count). The number of esters is 2. The molecule has 0 aromatic rings. The maximum atomic E-state index is 13.0. The molecule has 0 heterocycles. The van der Waals surface area contributed by atoms with Crippen LogP contribution in [0.5, 0.6) is 0 Å². The number of ether oxygens (including phenoxy) is 2. The Labute approximate surface area is 362 Å². The Bertz CT molecular complexity index is 921. The fraction of sp³-hybridized carbons (Fsp3) is 0.939. The third kappa shape index (κ3) is 38.9. The Hall–Kier alpha value is -1.26. The summed E-state index contributed by atoms with van der Waals surface area (Å²) in [6, 6.07) is 0.311. The van der Waals surface area contributed by atoms with Gasteiger partial charge >= 0.3 is 11.9 Å². The van der Waals surface area contributed by atoms with Crippen LogP contribution in [0.1, 0.15) is 254 Å². The molecule has 0 aliphatic rings. The van der Waals surface area contributed by atoms with Gasteiger partial charge in [0, 0.05) is 24.9 Å². The van der Waals surface area contributed by atoms with E-state index in [-0.39, 0.29) is 57.8 Å². The predicted molar refractivity (Wildman–Crippen MR) is 249 cm³/mol. The second-order valence-corrected chi connectivity index (χ2v) is 18.5. The van der Waals surface area contributed by atoms with Crippen molar-refractivity contribution in [3.05, 3.63) is 11.4 Å². The van der Waals surface area contributed by atoms with Gasteiger partial charge in [-0.2, -0.15) is 0 Å². The number of hydrogen-bond acceptors (Lipinski definition) is 7. The Morgan fingerprint density at radius 2 is 0.862 bits per heavy atom. The van der Waals surface area contributed by atoms with E-state index in [0.717, 1.165) is 38.5 Å². The number of nitrogens with zero attached hydrogens (tertiary/aromatic N) is 2. The number of carbonyl (C=O) groups excluding carboxylic acids is 2. The molecule has 2 atom stereocenters. The normalized spacial score (nSPS) is 12.5. The van der Waals surface area contributed by atoms with Crippen LogP contribution >= 0.6 is 8.53 Å². The standard InChI is InChI=1S/C48H93N2O6P.CH4/c1-8-10-12-14-16-18-20-22-24-26-28-30-32-34-36-38-47(51)53-42-46(43-55-57(54-41-40-49-7)50(44(3)4)45(5)6)56-48(52)39-37-35-33-31-29-27-25-23-21-19-17-15-13-11-9-2;/h44-46H,8-43H2,1-6H3;1H4. The van der Waals surface area contributed by atoms with E-state index < -0.39 is 14.6 Å². The molecule has 0 N–H and O–H groups in total. The van der Waals surface area contributed by atoms with Gasteiger partial charge in [-0.1, -0.05) is 201 Å². The van der Waals surface area contributed by atoms with Crippen molar-refractivity contribution in [3.8, 4) is 0 Å². The third-order valence-electron chi connectivity index (χ3n) is 10.7. The average Bonchev–Trinajstić information content (AvgIpc) is 3.18. The summed E-state index contributed by atoms with van der Waals surface area (Å²) in [5, 5.41) is 0. The Morgan fingerprint density at radius 3 is 1.21 bits per heavy atom. The van der Waals surface area contributed by atoms with Crippen LogP contribution in [0.25, 0.3) is 4.85 Å². The quantitative estimate of drug-likeness (QED) is 0.0262. The molecule has 0 bridgehead atoms. The van der Waals surface area contributed by atoms with Gasteiger partial charge in [0.05, 0.1) is 6.61 Å². The molecular formula is C49H97N2O6P. The Kier molecular flexibility index (Phi) is 45.9. The van der Waals surface area contributed by atoms with Crippen LogP contribution in [-0.2, 0) is 28.1 Å². The summed E-state index contributed by atoms with van der Waals surface area (Å²) in [7, 11) is -1.49. The predicted octanol–water partition coefficient (Wildman–Crippen LogP) is 15.9. The highest BCUT2D eigenvalue weighted by Gasteiger charge is 2.29. The van der Waals surface area contributed by atoms with Gasteiger partial charge in [0.2, 0.25) is 6.54 Å². The van der Waals surface area contributed by atoms with Crippen LogP contribution in [0.2, 0.25) is 0 Å². The van der Waals surface area contributed by atoms with Crippen LogP contribution in [0.15, 0.2) is 0 Å². The minimum Gasteiger partial charge on any atom is -0.462 e. The molecule has 344 valence electrons. The molecular weight excluding hydrogens is 744 g/mol. The smallest absolute Gasteiger partial charge is 0.306 e. The molecule has 9 heteroatoms. The van der Waals surface area contributed by atoms with E-state index in [1.165, 1.54) is 154 Å². The second-order valence-electron chi connectivity index (χ2n) is 17.0. The summed E-state index contributed by atoms with van der Waals surface area (Å²) in [4.78, 5) is 29.1. The molecule has 0 radical (unpaired) electrons. The van der Waals surface area contributed by atoms with Gasteiger partial charge in [0.1, 0.15) is 13.2 Å². The molecule has 0 spiro atoms. The van der Waals surface area contributed by atoms with Crippen LogP contribution in [0.3, 0.4) is 0 Å². The summed E-state index contributed by atoms with van der Waals surface area (Å²) in [5.41, 5.74) is 0. The monoisotopic (exact) mass is 841 g/mol. The van der Waals surface area contributed by atoms with E-state index in [1.807, 2.05) is 0 Å². The van der Waals surface area contributed by atoms with E-state index in [1.54, 1.807) is 0 Å². The van der Waals surface area contributed by atoms with Crippen LogP contribution in [-0.4, -0.2) is 61.2 Å².